The topological polar surface area (TPSA) is 45.2 Å². The molecule has 2 aromatic heterocycles. The van der Waals surface area contributed by atoms with Gasteiger partial charge < -0.3 is 9.80 Å². The van der Waals surface area contributed by atoms with Crippen molar-refractivity contribution in [3.05, 3.63) is 42.4 Å². The summed E-state index contributed by atoms with van der Waals surface area (Å²) in [7, 11) is 0. The second kappa shape index (κ2) is 5.91. The van der Waals surface area contributed by atoms with Gasteiger partial charge in [-0.3, -0.25) is 0 Å². The van der Waals surface area contributed by atoms with Crippen molar-refractivity contribution in [2.24, 2.45) is 0 Å². The summed E-state index contributed by atoms with van der Waals surface area (Å²) < 4.78 is 0. The third-order valence-corrected chi connectivity index (χ3v) is 4.05. The molecule has 3 rings (SSSR count). The van der Waals surface area contributed by atoms with Gasteiger partial charge in [0.15, 0.2) is 0 Å². The summed E-state index contributed by atoms with van der Waals surface area (Å²) >= 11 is 0. The minimum Gasteiger partial charge on any atom is -0.353 e. The second-order valence-corrected chi connectivity index (χ2v) is 6.68. The predicted octanol–water partition coefficient (Wildman–Crippen LogP) is 2.50. The normalized spacial score (nSPS) is 16.0. The third-order valence-electron chi connectivity index (χ3n) is 4.05. The zero-order chi connectivity index (χ0) is 15.6. The number of anilines is 2. The van der Waals surface area contributed by atoms with Gasteiger partial charge in [0.1, 0.15) is 5.82 Å². The first kappa shape index (κ1) is 14.8. The van der Waals surface area contributed by atoms with Crippen LogP contribution >= 0.6 is 0 Å². The van der Waals surface area contributed by atoms with Gasteiger partial charge in [0, 0.05) is 44.8 Å². The molecule has 22 heavy (non-hydrogen) atoms. The summed E-state index contributed by atoms with van der Waals surface area (Å²) in [6, 6.07) is 6.17. The van der Waals surface area contributed by atoms with Gasteiger partial charge in [-0.05, 0) is 23.1 Å². The average Bonchev–Trinajstić information content (AvgIpc) is 2.55. The van der Waals surface area contributed by atoms with Gasteiger partial charge in [-0.1, -0.05) is 26.8 Å². The van der Waals surface area contributed by atoms with Gasteiger partial charge in [-0.2, -0.15) is 0 Å². The first-order chi connectivity index (χ1) is 10.5. The Morgan fingerprint density at radius 2 is 1.50 bits per heavy atom. The number of pyridine rings is 1. The fraction of sp³-hybridized carbons (Fsp3) is 0.471. The van der Waals surface area contributed by atoms with Crippen LogP contribution in [-0.2, 0) is 5.41 Å². The van der Waals surface area contributed by atoms with E-state index >= 15 is 0 Å². The maximum absolute atomic E-state index is 4.64. The Hall–Kier alpha value is -2.17. The third kappa shape index (κ3) is 3.18. The van der Waals surface area contributed by atoms with E-state index in [0.29, 0.717) is 0 Å². The van der Waals surface area contributed by atoms with Gasteiger partial charge in [0.25, 0.3) is 0 Å². The molecule has 0 amide bonds. The molecule has 0 radical (unpaired) electrons. The highest BCUT2D eigenvalue weighted by atomic mass is 15.3. The smallest absolute Gasteiger partial charge is 0.225 e. The van der Waals surface area contributed by atoms with Crippen molar-refractivity contribution in [3.8, 4) is 0 Å². The molecule has 1 fully saturated rings. The van der Waals surface area contributed by atoms with Gasteiger partial charge in [0.05, 0.1) is 0 Å². The molecule has 5 heteroatoms. The summed E-state index contributed by atoms with van der Waals surface area (Å²) in [5.41, 5.74) is 1.42. The number of hydrogen-bond acceptors (Lipinski definition) is 5. The fourth-order valence-corrected chi connectivity index (χ4v) is 2.61. The van der Waals surface area contributed by atoms with Crippen LogP contribution in [0, 0.1) is 0 Å². The molecule has 116 valence electrons. The lowest BCUT2D eigenvalue weighted by molar-refractivity contribution is 0.586. The lowest BCUT2D eigenvalue weighted by Crippen LogP contribution is -2.47. The largest absolute Gasteiger partial charge is 0.353 e. The van der Waals surface area contributed by atoms with E-state index in [9.17, 15) is 0 Å². The standard InChI is InChI=1S/C17H23N5/c1-17(2,3)14-5-6-15(20-13-14)21-9-11-22(12-10-21)16-18-7-4-8-19-16/h4-8,13H,9-12H2,1-3H3. The molecular formula is C17H23N5. The van der Waals surface area contributed by atoms with E-state index in [1.165, 1.54) is 5.56 Å². The molecule has 0 saturated carbocycles. The molecule has 1 saturated heterocycles. The molecule has 0 bridgehead atoms. The van der Waals surface area contributed by atoms with E-state index in [1.807, 2.05) is 12.3 Å². The number of hydrogen-bond donors (Lipinski definition) is 0. The number of rotatable bonds is 2. The Bertz CT molecular complexity index is 595. The first-order valence-corrected chi connectivity index (χ1v) is 7.77. The van der Waals surface area contributed by atoms with Crippen molar-refractivity contribution in [1.82, 2.24) is 15.0 Å². The quantitative estimate of drug-likeness (QED) is 0.852. The minimum atomic E-state index is 0.148. The molecule has 0 aliphatic carbocycles. The molecule has 0 spiro atoms. The molecule has 5 nitrogen and oxygen atoms in total. The molecule has 0 aromatic carbocycles. The summed E-state index contributed by atoms with van der Waals surface area (Å²) in [6.45, 7) is 10.4. The highest BCUT2D eigenvalue weighted by Gasteiger charge is 2.20. The van der Waals surface area contributed by atoms with E-state index in [1.54, 1.807) is 12.4 Å². The Morgan fingerprint density at radius 3 is 2.05 bits per heavy atom. The van der Waals surface area contributed by atoms with Crippen LogP contribution in [0.1, 0.15) is 26.3 Å². The van der Waals surface area contributed by atoms with Crippen molar-refractivity contribution >= 4 is 11.8 Å². The molecule has 2 aromatic rings. The van der Waals surface area contributed by atoms with Crippen molar-refractivity contribution in [2.75, 3.05) is 36.0 Å². The van der Waals surface area contributed by atoms with E-state index in [0.717, 1.165) is 37.9 Å². The van der Waals surface area contributed by atoms with Gasteiger partial charge >= 0.3 is 0 Å². The zero-order valence-corrected chi connectivity index (χ0v) is 13.5. The Kier molecular flexibility index (Phi) is 3.96. The van der Waals surface area contributed by atoms with Crippen molar-refractivity contribution in [2.45, 2.75) is 26.2 Å². The fourth-order valence-electron chi connectivity index (χ4n) is 2.61. The summed E-state index contributed by atoms with van der Waals surface area (Å²) in [5, 5.41) is 0. The number of piperazine rings is 1. The van der Waals surface area contributed by atoms with Crippen molar-refractivity contribution in [3.63, 3.8) is 0 Å². The summed E-state index contributed by atoms with van der Waals surface area (Å²) in [5.74, 6) is 1.87. The Morgan fingerprint density at radius 1 is 0.864 bits per heavy atom. The van der Waals surface area contributed by atoms with E-state index in [4.69, 9.17) is 0 Å². The van der Waals surface area contributed by atoms with Gasteiger partial charge in [-0.15, -0.1) is 0 Å². The first-order valence-electron chi connectivity index (χ1n) is 7.77. The second-order valence-electron chi connectivity index (χ2n) is 6.68. The van der Waals surface area contributed by atoms with Crippen molar-refractivity contribution < 1.29 is 0 Å². The Labute approximate surface area is 132 Å². The van der Waals surface area contributed by atoms with E-state index in [2.05, 4.69) is 57.7 Å². The summed E-state index contributed by atoms with van der Waals surface area (Å²) in [6.07, 6.45) is 5.59. The van der Waals surface area contributed by atoms with Crippen LogP contribution in [0.15, 0.2) is 36.8 Å². The molecular weight excluding hydrogens is 274 g/mol. The maximum atomic E-state index is 4.64. The van der Waals surface area contributed by atoms with E-state index in [-0.39, 0.29) is 5.41 Å². The van der Waals surface area contributed by atoms with Gasteiger partial charge in [0.2, 0.25) is 5.95 Å². The van der Waals surface area contributed by atoms with Crippen molar-refractivity contribution in [1.29, 1.82) is 0 Å². The summed E-state index contributed by atoms with van der Waals surface area (Å²) in [4.78, 5) is 17.8. The predicted molar refractivity (Wildman–Crippen MR) is 89.4 cm³/mol. The number of nitrogens with zero attached hydrogens (tertiary/aromatic N) is 5. The average molecular weight is 297 g/mol. The van der Waals surface area contributed by atoms with Crippen LogP contribution in [0.2, 0.25) is 0 Å². The zero-order valence-electron chi connectivity index (χ0n) is 13.5. The molecule has 1 aliphatic heterocycles. The van der Waals surface area contributed by atoms with E-state index < -0.39 is 0 Å². The highest BCUT2D eigenvalue weighted by molar-refractivity contribution is 5.43. The monoisotopic (exact) mass is 297 g/mol. The number of aromatic nitrogens is 3. The molecule has 0 unspecified atom stereocenters. The van der Waals surface area contributed by atoms with Crippen LogP contribution in [-0.4, -0.2) is 41.1 Å². The highest BCUT2D eigenvalue weighted by Crippen LogP contribution is 2.23. The van der Waals surface area contributed by atoms with Gasteiger partial charge in [-0.25, -0.2) is 15.0 Å². The maximum Gasteiger partial charge on any atom is 0.225 e. The SMILES string of the molecule is CC(C)(C)c1ccc(N2CCN(c3ncccn3)CC2)nc1. The molecule has 0 atom stereocenters. The molecule has 0 N–H and O–H groups in total. The van der Waals surface area contributed by atoms with Crippen LogP contribution in [0.3, 0.4) is 0 Å². The Balaban J connectivity index is 1.64. The van der Waals surface area contributed by atoms with Crippen LogP contribution < -0.4 is 9.80 Å². The molecule has 3 heterocycles. The van der Waals surface area contributed by atoms with Crippen LogP contribution in [0.5, 0.6) is 0 Å². The molecule has 1 aliphatic rings. The lowest BCUT2D eigenvalue weighted by Gasteiger charge is -2.35. The minimum absolute atomic E-state index is 0.148. The van der Waals surface area contributed by atoms with Crippen LogP contribution in [0.25, 0.3) is 0 Å². The lowest BCUT2D eigenvalue weighted by atomic mass is 9.88. The van der Waals surface area contributed by atoms with Crippen LogP contribution in [0.4, 0.5) is 11.8 Å².